The molecule has 2 rings (SSSR count). The molecular formula is C14H21NO4. The molecule has 0 bridgehead atoms. The summed E-state index contributed by atoms with van der Waals surface area (Å²) in [5.74, 6) is 0.957. The third-order valence-corrected chi connectivity index (χ3v) is 3.93. The predicted octanol–water partition coefficient (Wildman–Crippen LogP) is 2.03. The van der Waals surface area contributed by atoms with Crippen LogP contribution in [0.3, 0.4) is 0 Å². The van der Waals surface area contributed by atoms with Crippen LogP contribution in [0.15, 0.2) is 10.5 Å². The van der Waals surface area contributed by atoms with E-state index in [0.29, 0.717) is 17.9 Å². The average Bonchev–Trinajstić information content (AvgIpc) is 2.91. The lowest BCUT2D eigenvalue weighted by Crippen LogP contribution is -2.47. The number of ether oxygens (including phenoxy) is 2. The molecule has 1 saturated heterocycles. The van der Waals surface area contributed by atoms with Crippen LogP contribution in [0.1, 0.15) is 42.1 Å². The third kappa shape index (κ3) is 2.82. The Bertz CT molecular complexity index is 468. The summed E-state index contributed by atoms with van der Waals surface area (Å²) in [6.45, 7) is 7.31. The lowest BCUT2D eigenvalue weighted by Gasteiger charge is -2.28. The average molecular weight is 267 g/mol. The van der Waals surface area contributed by atoms with Gasteiger partial charge in [0.2, 0.25) is 0 Å². The van der Waals surface area contributed by atoms with Crippen molar-refractivity contribution in [2.24, 2.45) is 0 Å². The molecule has 1 aliphatic rings. The Balaban J connectivity index is 2.02. The molecule has 1 aromatic rings. The van der Waals surface area contributed by atoms with Gasteiger partial charge in [-0.05, 0) is 33.3 Å². The van der Waals surface area contributed by atoms with E-state index in [4.69, 9.17) is 13.9 Å². The van der Waals surface area contributed by atoms with Crippen molar-refractivity contribution in [3.05, 3.63) is 23.2 Å². The van der Waals surface area contributed by atoms with Crippen molar-refractivity contribution in [2.75, 3.05) is 13.7 Å². The zero-order valence-electron chi connectivity index (χ0n) is 11.9. The van der Waals surface area contributed by atoms with E-state index in [-0.39, 0.29) is 17.6 Å². The Kier molecular flexibility index (Phi) is 3.96. The molecule has 0 saturated carbocycles. The Morgan fingerprint density at radius 2 is 2.37 bits per heavy atom. The van der Waals surface area contributed by atoms with Crippen LogP contribution in [0.4, 0.5) is 0 Å². The van der Waals surface area contributed by atoms with Gasteiger partial charge < -0.3 is 19.2 Å². The smallest absolute Gasteiger partial charge is 0.341 e. The van der Waals surface area contributed by atoms with Gasteiger partial charge in [0, 0.05) is 12.1 Å². The zero-order valence-corrected chi connectivity index (χ0v) is 11.9. The van der Waals surface area contributed by atoms with Crippen LogP contribution in [0.5, 0.6) is 0 Å². The van der Waals surface area contributed by atoms with E-state index in [1.54, 1.807) is 13.0 Å². The van der Waals surface area contributed by atoms with Crippen molar-refractivity contribution in [1.82, 2.24) is 5.32 Å². The number of hydrogen-bond acceptors (Lipinski definition) is 5. The summed E-state index contributed by atoms with van der Waals surface area (Å²) in [6.07, 6.45) is 1.14. The molecule has 5 nitrogen and oxygen atoms in total. The van der Waals surface area contributed by atoms with Gasteiger partial charge in [0.15, 0.2) is 0 Å². The molecule has 1 aliphatic heterocycles. The molecule has 0 amide bonds. The standard InChI is InChI=1S/C14H21NO4/c1-9-12(13(16)17-4)7-11(19-9)8-15-14(3)5-6-18-10(14)2/h7,10,15H,5-6,8H2,1-4H3. The minimum Gasteiger partial charge on any atom is -0.465 e. The number of carbonyl (C=O) groups is 1. The summed E-state index contributed by atoms with van der Waals surface area (Å²) in [5.41, 5.74) is 0.437. The minimum absolute atomic E-state index is 0.0495. The van der Waals surface area contributed by atoms with Crippen molar-refractivity contribution in [3.63, 3.8) is 0 Å². The second-order valence-electron chi connectivity index (χ2n) is 5.21. The first-order chi connectivity index (χ1) is 8.96. The number of carbonyl (C=O) groups excluding carboxylic acids is 1. The lowest BCUT2D eigenvalue weighted by molar-refractivity contribution is 0.0599. The third-order valence-electron chi connectivity index (χ3n) is 3.93. The molecular weight excluding hydrogens is 246 g/mol. The summed E-state index contributed by atoms with van der Waals surface area (Å²) in [6, 6.07) is 1.73. The highest BCUT2D eigenvalue weighted by Gasteiger charge is 2.36. The molecule has 1 fully saturated rings. The Morgan fingerprint density at radius 1 is 1.63 bits per heavy atom. The summed E-state index contributed by atoms with van der Waals surface area (Å²) < 4.78 is 15.9. The second kappa shape index (κ2) is 5.35. The fourth-order valence-electron chi connectivity index (χ4n) is 2.30. The molecule has 19 heavy (non-hydrogen) atoms. The molecule has 2 heterocycles. The predicted molar refractivity (Wildman–Crippen MR) is 70.1 cm³/mol. The van der Waals surface area contributed by atoms with E-state index >= 15 is 0 Å². The highest BCUT2D eigenvalue weighted by molar-refractivity contribution is 5.90. The number of nitrogens with one attached hydrogen (secondary N) is 1. The first kappa shape index (κ1) is 14.1. The van der Waals surface area contributed by atoms with Crippen LogP contribution in [0, 0.1) is 6.92 Å². The van der Waals surface area contributed by atoms with E-state index in [0.717, 1.165) is 18.8 Å². The summed E-state index contributed by atoms with van der Waals surface area (Å²) in [7, 11) is 1.37. The van der Waals surface area contributed by atoms with Gasteiger partial charge in [0.25, 0.3) is 0 Å². The van der Waals surface area contributed by atoms with Crippen LogP contribution < -0.4 is 5.32 Å². The molecule has 2 unspecified atom stereocenters. The molecule has 2 atom stereocenters. The maximum Gasteiger partial charge on any atom is 0.341 e. The quantitative estimate of drug-likeness (QED) is 0.846. The topological polar surface area (TPSA) is 60.7 Å². The fraction of sp³-hybridized carbons (Fsp3) is 0.643. The van der Waals surface area contributed by atoms with Gasteiger partial charge in [-0.15, -0.1) is 0 Å². The van der Waals surface area contributed by atoms with Gasteiger partial charge in [0.05, 0.1) is 19.8 Å². The molecule has 0 aliphatic carbocycles. The van der Waals surface area contributed by atoms with E-state index < -0.39 is 0 Å². The molecule has 1 aromatic heterocycles. The van der Waals surface area contributed by atoms with Gasteiger partial charge >= 0.3 is 5.97 Å². The summed E-state index contributed by atoms with van der Waals surface area (Å²) in [4.78, 5) is 11.5. The van der Waals surface area contributed by atoms with Crippen molar-refractivity contribution < 1.29 is 18.7 Å². The Morgan fingerprint density at radius 3 is 2.95 bits per heavy atom. The maximum atomic E-state index is 11.5. The van der Waals surface area contributed by atoms with Gasteiger partial charge in [0.1, 0.15) is 17.1 Å². The Hall–Kier alpha value is -1.33. The second-order valence-corrected chi connectivity index (χ2v) is 5.21. The van der Waals surface area contributed by atoms with Crippen LogP contribution in [-0.4, -0.2) is 31.3 Å². The van der Waals surface area contributed by atoms with Crippen LogP contribution in [0.25, 0.3) is 0 Å². The molecule has 1 N–H and O–H groups in total. The fourth-order valence-corrected chi connectivity index (χ4v) is 2.30. The van der Waals surface area contributed by atoms with Crippen LogP contribution >= 0.6 is 0 Å². The number of aryl methyl sites for hydroxylation is 1. The van der Waals surface area contributed by atoms with Crippen molar-refractivity contribution in [1.29, 1.82) is 0 Å². The SMILES string of the molecule is COC(=O)c1cc(CNC2(C)CCOC2C)oc1C. The number of rotatable bonds is 4. The number of esters is 1. The highest BCUT2D eigenvalue weighted by Crippen LogP contribution is 2.26. The van der Waals surface area contributed by atoms with E-state index in [9.17, 15) is 4.79 Å². The van der Waals surface area contributed by atoms with E-state index in [1.807, 2.05) is 0 Å². The molecule has 0 aromatic carbocycles. The molecule has 5 heteroatoms. The zero-order chi connectivity index (χ0) is 14.0. The van der Waals surface area contributed by atoms with Gasteiger partial charge in [-0.2, -0.15) is 0 Å². The van der Waals surface area contributed by atoms with Crippen molar-refractivity contribution >= 4 is 5.97 Å². The number of methoxy groups -OCH3 is 1. The summed E-state index contributed by atoms with van der Waals surface area (Å²) in [5, 5.41) is 3.45. The largest absolute Gasteiger partial charge is 0.465 e. The molecule has 106 valence electrons. The van der Waals surface area contributed by atoms with Gasteiger partial charge in [-0.3, -0.25) is 0 Å². The number of hydrogen-bond donors (Lipinski definition) is 1. The minimum atomic E-state index is -0.365. The highest BCUT2D eigenvalue weighted by atomic mass is 16.5. The monoisotopic (exact) mass is 267 g/mol. The first-order valence-electron chi connectivity index (χ1n) is 6.50. The molecule has 0 radical (unpaired) electrons. The van der Waals surface area contributed by atoms with E-state index in [2.05, 4.69) is 19.2 Å². The van der Waals surface area contributed by atoms with Crippen LogP contribution in [0.2, 0.25) is 0 Å². The Labute approximate surface area is 113 Å². The summed E-state index contributed by atoms with van der Waals surface area (Å²) >= 11 is 0. The maximum absolute atomic E-state index is 11.5. The van der Waals surface area contributed by atoms with Gasteiger partial charge in [-0.1, -0.05) is 0 Å². The van der Waals surface area contributed by atoms with Crippen molar-refractivity contribution in [3.8, 4) is 0 Å². The lowest BCUT2D eigenvalue weighted by atomic mass is 9.95. The number of furan rings is 1. The normalized spacial score (nSPS) is 26.6. The molecule has 0 spiro atoms. The van der Waals surface area contributed by atoms with Crippen molar-refractivity contribution in [2.45, 2.75) is 45.4 Å². The first-order valence-corrected chi connectivity index (χ1v) is 6.50. The van der Waals surface area contributed by atoms with Gasteiger partial charge in [-0.25, -0.2) is 4.79 Å². The van der Waals surface area contributed by atoms with Crippen LogP contribution in [-0.2, 0) is 16.0 Å². The van der Waals surface area contributed by atoms with E-state index in [1.165, 1.54) is 7.11 Å².